The van der Waals surface area contributed by atoms with Gasteiger partial charge < -0.3 is 20.9 Å². The standard InChI is InChI=1S/C15H24N2O3/c1-14(2,15(3,4)19)17-13(18)9-10-20-12-8-6-5-7-11(12)16/h5-8,19H,9-10,16H2,1-4H3,(H,17,18). The van der Waals surface area contributed by atoms with E-state index in [4.69, 9.17) is 10.5 Å². The number of amides is 1. The quantitative estimate of drug-likeness (QED) is 0.692. The van der Waals surface area contributed by atoms with Crippen LogP contribution in [0.15, 0.2) is 24.3 Å². The second-order valence-electron chi connectivity index (χ2n) is 5.87. The third kappa shape index (κ3) is 4.42. The molecule has 1 amide bonds. The van der Waals surface area contributed by atoms with Gasteiger partial charge in [0, 0.05) is 0 Å². The minimum Gasteiger partial charge on any atom is -0.491 e. The molecule has 0 fully saturated rings. The van der Waals surface area contributed by atoms with Crippen molar-refractivity contribution in [2.45, 2.75) is 45.3 Å². The smallest absolute Gasteiger partial charge is 0.223 e. The first kappa shape index (κ1) is 16.3. The average Bonchev–Trinajstić information content (AvgIpc) is 2.29. The van der Waals surface area contributed by atoms with Gasteiger partial charge in [-0.1, -0.05) is 12.1 Å². The van der Waals surface area contributed by atoms with E-state index in [1.807, 2.05) is 12.1 Å². The summed E-state index contributed by atoms with van der Waals surface area (Å²) in [6, 6.07) is 7.14. The molecule has 0 spiro atoms. The number of nitrogens with one attached hydrogen (secondary N) is 1. The number of nitrogens with two attached hydrogens (primary N) is 1. The molecule has 0 saturated carbocycles. The van der Waals surface area contributed by atoms with Gasteiger partial charge in [-0.15, -0.1) is 0 Å². The third-order valence-electron chi connectivity index (χ3n) is 3.49. The highest BCUT2D eigenvalue weighted by molar-refractivity contribution is 5.77. The van der Waals surface area contributed by atoms with Crippen molar-refractivity contribution in [2.75, 3.05) is 12.3 Å². The fourth-order valence-corrected chi connectivity index (χ4v) is 1.43. The van der Waals surface area contributed by atoms with Crippen molar-refractivity contribution in [3.63, 3.8) is 0 Å². The van der Waals surface area contributed by atoms with Crippen molar-refractivity contribution >= 4 is 11.6 Å². The zero-order valence-corrected chi connectivity index (χ0v) is 12.6. The molecule has 0 aromatic heterocycles. The van der Waals surface area contributed by atoms with Crippen LogP contribution in [0.4, 0.5) is 5.69 Å². The Bertz CT molecular complexity index is 464. The van der Waals surface area contributed by atoms with Crippen molar-refractivity contribution < 1.29 is 14.6 Å². The van der Waals surface area contributed by atoms with Crippen LogP contribution in [-0.2, 0) is 4.79 Å². The summed E-state index contributed by atoms with van der Waals surface area (Å²) in [6.45, 7) is 7.12. The molecule has 112 valence electrons. The van der Waals surface area contributed by atoms with E-state index in [1.54, 1.807) is 39.8 Å². The molecule has 0 unspecified atom stereocenters. The van der Waals surface area contributed by atoms with E-state index in [9.17, 15) is 9.90 Å². The number of benzene rings is 1. The molecular formula is C15H24N2O3. The lowest BCUT2D eigenvalue weighted by molar-refractivity contribution is -0.126. The first-order valence-electron chi connectivity index (χ1n) is 6.64. The molecule has 0 saturated heterocycles. The van der Waals surface area contributed by atoms with Crippen molar-refractivity contribution in [3.05, 3.63) is 24.3 Å². The number of carbonyl (C=O) groups is 1. The number of carbonyl (C=O) groups excluding carboxylic acids is 1. The number of anilines is 1. The van der Waals surface area contributed by atoms with Gasteiger partial charge in [0.15, 0.2) is 0 Å². The van der Waals surface area contributed by atoms with E-state index in [-0.39, 0.29) is 18.9 Å². The van der Waals surface area contributed by atoms with Gasteiger partial charge in [0.1, 0.15) is 5.75 Å². The summed E-state index contributed by atoms with van der Waals surface area (Å²) in [7, 11) is 0. The number of nitrogen functional groups attached to an aromatic ring is 1. The van der Waals surface area contributed by atoms with Crippen LogP contribution in [0.1, 0.15) is 34.1 Å². The Labute approximate surface area is 120 Å². The van der Waals surface area contributed by atoms with E-state index in [0.717, 1.165) is 0 Å². The average molecular weight is 280 g/mol. The van der Waals surface area contributed by atoms with Gasteiger partial charge in [-0.05, 0) is 39.8 Å². The highest BCUT2D eigenvalue weighted by Crippen LogP contribution is 2.21. The van der Waals surface area contributed by atoms with Gasteiger partial charge in [0.2, 0.25) is 5.91 Å². The van der Waals surface area contributed by atoms with Gasteiger partial charge in [-0.3, -0.25) is 4.79 Å². The molecule has 0 atom stereocenters. The fraction of sp³-hybridized carbons (Fsp3) is 0.533. The second kappa shape index (κ2) is 6.13. The van der Waals surface area contributed by atoms with Crippen molar-refractivity contribution in [1.82, 2.24) is 5.32 Å². The van der Waals surface area contributed by atoms with Crippen LogP contribution in [0.5, 0.6) is 5.75 Å². The summed E-state index contributed by atoms with van der Waals surface area (Å²) in [6.07, 6.45) is 0.202. The normalized spacial score (nSPS) is 12.1. The van der Waals surface area contributed by atoms with Gasteiger partial charge in [-0.2, -0.15) is 0 Å². The minimum atomic E-state index is -1.01. The lowest BCUT2D eigenvalue weighted by Crippen LogP contribution is -2.57. The van der Waals surface area contributed by atoms with Crippen LogP contribution >= 0.6 is 0 Å². The molecule has 1 aromatic carbocycles. The summed E-state index contributed by atoms with van der Waals surface area (Å²) < 4.78 is 5.46. The van der Waals surface area contributed by atoms with Crippen LogP contribution in [0.2, 0.25) is 0 Å². The van der Waals surface area contributed by atoms with Crippen LogP contribution < -0.4 is 15.8 Å². The third-order valence-corrected chi connectivity index (χ3v) is 3.49. The summed E-state index contributed by atoms with van der Waals surface area (Å²) >= 11 is 0. The highest BCUT2D eigenvalue weighted by Gasteiger charge is 2.36. The Kier molecular flexibility index (Phi) is 5.00. The largest absolute Gasteiger partial charge is 0.491 e. The summed E-state index contributed by atoms with van der Waals surface area (Å²) in [5, 5.41) is 12.8. The van der Waals surface area contributed by atoms with E-state index in [0.29, 0.717) is 11.4 Å². The van der Waals surface area contributed by atoms with Gasteiger partial charge >= 0.3 is 0 Å². The lowest BCUT2D eigenvalue weighted by atomic mass is 9.86. The topological polar surface area (TPSA) is 84.6 Å². The lowest BCUT2D eigenvalue weighted by Gasteiger charge is -2.38. The molecule has 0 aliphatic rings. The van der Waals surface area contributed by atoms with E-state index < -0.39 is 11.1 Å². The summed E-state index contributed by atoms with van der Waals surface area (Å²) in [5.41, 5.74) is 4.56. The molecule has 0 aliphatic heterocycles. The van der Waals surface area contributed by atoms with Crippen LogP contribution in [0.3, 0.4) is 0 Å². The van der Waals surface area contributed by atoms with E-state index in [1.165, 1.54) is 0 Å². The Morgan fingerprint density at radius 2 is 1.90 bits per heavy atom. The predicted octanol–water partition coefficient (Wildman–Crippen LogP) is 1.70. The summed E-state index contributed by atoms with van der Waals surface area (Å²) in [5.74, 6) is 0.397. The maximum atomic E-state index is 11.8. The number of rotatable bonds is 6. The molecule has 0 radical (unpaired) electrons. The maximum absolute atomic E-state index is 11.8. The predicted molar refractivity (Wildman–Crippen MR) is 79.5 cm³/mol. The molecule has 5 heteroatoms. The Hall–Kier alpha value is -1.75. The monoisotopic (exact) mass is 280 g/mol. The molecule has 5 nitrogen and oxygen atoms in total. The summed E-state index contributed by atoms with van der Waals surface area (Å²) in [4.78, 5) is 11.8. The zero-order valence-electron chi connectivity index (χ0n) is 12.6. The number of hydrogen-bond acceptors (Lipinski definition) is 4. The maximum Gasteiger partial charge on any atom is 0.223 e. The number of hydrogen-bond donors (Lipinski definition) is 3. The first-order valence-corrected chi connectivity index (χ1v) is 6.64. The van der Waals surface area contributed by atoms with Crippen LogP contribution in [0.25, 0.3) is 0 Å². The van der Waals surface area contributed by atoms with Crippen LogP contribution in [0, 0.1) is 0 Å². The van der Waals surface area contributed by atoms with Crippen molar-refractivity contribution in [3.8, 4) is 5.75 Å². The Morgan fingerprint density at radius 3 is 2.45 bits per heavy atom. The molecule has 1 aromatic rings. The zero-order chi connectivity index (χ0) is 15.4. The first-order chi connectivity index (χ1) is 9.13. The van der Waals surface area contributed by atoms with E-state index in [2.05, 4.69) is 5.32 Å². The minimum absolute atomic E-state index is 0.174. The molecular weight excluding hydrogens is 256 g/mol. The SMILES string of the molecule is CC(C)(O)C(C)(C)NC(=O)CCOc1ccccc1N. The van der Waals surface area contributed by atoms with Crippen LogP contribution in [-0.4, -0.2) is 28.8 Å². The van der Waals surface area contributed by atoms with Gasteiger partial charge in [0.05, 0.1) is 29.9 Å². The molecule has 20 heavy (non-hydrogen) atoms. The van der Waals surface area contributed by atoms with Gasteiger partial charge in [0.25, 0.3) is 0 Å². The fourth-order valence-electron chi connectivity index (χ4n) is 1.43. The van der Waals surface area contributed by atoms with Gasteiger partial charge in [-0.25, -0.2) is 0 Å². The number of aliphatic hydroxyl groups is 1. The molecule has 1 rings (SSSR count). The number of para-hydroxylation sites is 2. The Balaban J connectivity index is 2.44. The molecule has 4 N–H and O–H groups in total. The van der Waals surface area contributed by atoms with E-state index >= 15 is 0 Å². The molecule has 0 aliphatic carbocycles. The molecule has 0 bridgehead atoms. The molecule has 0 heterocycles. The van der Waals surface area contributed by atoms with Crippen molar-refractivity contribution in [1.29, 1.82) is 0 Å². The Morgan fingerprint density at radius 1 is 1.30 bits per heavy atom. The second-order valence-corrected chi connectivity index (χ2v) is 5.87. The van der Waals surface area contributed by atoms with Crippen molar-refractivity contribution in [2.24, 2.45) is 0 Å². The number of ether oxygens (including phenoxy) is 1. The highest BCUT2D eigenvalue weighted by atomic mass is 16.5.